The van der Waals surface area contributed by atoms with Crippen LogP contribution in [0.4, 0.5) is 0 Å². The smallest absolute Gasteiger partial charge is 0.0958 e. The SMILES string of the molecule is Cc1sc(CCO)nc1-c1cc(Br)cs1. The molecule has 80 valence electrons. The highest BCUT2D eigenvalue weighted by atomic mass is 79.9. The molecule has 1 N–H and O–H groups in total. The molecule has 0 saturated heterocycles. The molecule has 2 nitrogen and oxygen atoms in total. The van der Waals surface area contributed by atoms with Crippen LogP contribution in [0.15, 0.2) is 15.9 Å². The number of thiazole rings is 1. The van der Waals surface area contributed by atoms with Gasteiger partial charge in [0.25, 0.3) is 0 Å². The molecule has 0 saturated carbocycles. The third-order valence-electron chi connectivity index (χ3n) is 1.97. The van der Waals surface area contributed by atoms with E-state index in [1.54, 1.807) is 22.7 Å². The first-order valence-corrected chi connectivity index (χ1v) is 7.01. The van der Waals surface area contributed by atoms with E-state index >= 15 is 0 Å². The van der Waals surface area contributed by atoms with Crippen molar-refractivity contribution < 1.29 is 5.11 Å². The molecule has 0 aliphatic rings. The molecule has 15 heavy (non-hydrogen) atoms. The Labute approximate surface area is 105 Å². The third-order valence-corrected chi connectivity index (χ3v) is 4.70. The first kappa shape index (κ1) is 11.3. The van der Waals surface area contributed by atoms with Gasteiger partial charge in [-0.25, -0.2) is 4.98 Å². The Balaban J connectivity index is 2.35. The Hall–Kier alpha value is -0.230. The lowest BCUT2D eigenvalue weighted by atomic mass is 10.3. The maximum Gasteiger partial charge on any atom is 0.0958 e. The summed E-state index contributed by atoms with van der Waals surface area (Å²) in [7, 11) is 0. The molecule has 0 radical (unpaired) electrons. The molecule has 0 bridgehead atoms. The summed E-state index contributed by atoms with van der Waals surface area (Å²) in [5.74, 6) is 0. The van der Waals surface area contributed by atoms with Gasteiger partial charge >= 0.3 is 0 Å². The molecule has 2 aromatic rings. The van der Waals surface area contributed by atoms with E-state index in [9.17, 15) is 0 Å². The van der Waals surface area contributed by atoms with E-state index in [4.69, 9.17) is 5.11 Å². The molecule has 2 heterocycles. The van der Waals surface area contributed by atoms with E-state index in [2.05, 4.69) is 39.3 Å². The van der Waals surface area contributed by atoms with E-state index in [0.29, 0.717) is 6.42 Å². The summed E-state index contributed by atoms with van der Waals surface area (Å²) in [5.41, 5.74) is 1.05. The third kappa shape index (κ3) is 2.47. The van der Waals surface area contributed by atoms with Crippen molar-refractivity contribution in [1.29, 1.82) is 0 Å². The average molecular weight is 304 g/mol. The lowest BCUT2D eigenvalue weighted by Gasteiger charge is -1.91. The van der Waals surface area contributed by atoms with Crippen LogP contribution in [-0.4, -0.2) is 16.7 Å². The Morgan fingerprint density at radius 3 is 2.93 bits per heavy atom. The number of nitrogens with zero attached hydrogens (tertiary/aromatic N) is 1. The molecule has 5 heteroatoms. The van der Waals surface area contributed by atoms with E-state index < -0.39 is 0 Å². The first-order chi connectivity index (χ1) is 7.20. The normalized spacial score (nSPS) is 10.9. The fourth-order valence-corrected chi connectivity index (χ4v) is 3.79. The zero-order valence-corrected chi connectivity index (χ0v) is 11.4. The van der Waals surface area contributed by atoms with Gasteiger partial charge in [0.05, 0.1) is 15.6 Å². The van der Waals surface area contributed by atoms with Crippen LogP contribution in [0.3, 0.4) is 0 Å². The van der Waals surface area contributed by atoms with Crippen LogP contribution >= 0.6 is 38.6 Å². The molecule has 2 rings (SSSR count). The quantitative estimate of drug-likeness (QED) is 0.942. The van der Waals surface area contributed by atoms with E-state index in [0.717, 1.165) is 15.2 Å². The van der Waals surface area contributed by atoms with E-state index in [1.165, 1.54) is 9.75 Å². The Kier molecular flexibility index (Phi) is 3.56. The van der Waals surface area contributed by atoms with Crippen molar-refractivity contribution in [3.05, 3.63) is 25.8 Å². The van der Waals surface area contributed by atoms with Gasteiger partial charge in [-0.3, -0.25) is 0 Å². The number of thiophene rings is 1. The highest BCUT2D eigenvalue weighted by Crippen LogP contribution is 2.33. The van der Waals surface area contributed by atoms with E-state index in [1.807, 2.05) is 0 Å². The van der Waals surface area contributed by atoms with Gasteiger partial charge in [0.2, 0.25) is 0 Å². The minimum Gasteiger partial charge on any atom is -0.396 e. The zero-order valence-electron chi connectivity index (χ0n) is 8.16. The van der Waals surface area contributed by atoms with Crippen molar-refractivity contribution in [1.82, 2.24) is 4.98 Å². The second-order valence-corrected chi connectivity index (χ2v) is 6.23. The molecule has 0 aliphatic heterocycles. The second kappa shape index (κ2) is 4.74. The van der Waals surface area contributed by atoms with Crippen molar-refractivity contribution in [2.24, 2.45) is 0 Å². The fraction of sp³-hybridized carbons (Fsp3) is 0.300. The number of rotatable bonds is 3. The summed E-state index contributed by atoms with van der Waals surface area (Å²) in [4.78, 5) is 6.93. The summed E-state index contributed by atoms with van der Waals surface area (Å²) in [6.07, 6.45) is 0.651. The molecule has 0 unspecified atom stereocenters. The molecule has 0 fully saturated rings. The Bertz CT molecular complexity index is 464. The minimum absolute atomic E-state index is 0.167. The largest absolute Gasteiger partial charge is 0.396 e. The Morgan fingerprint density at radius 2 is 2.33 bits per heavy atom. The number of hydrogen-bond donors (Lipinski definition) is 1. The van der Waals surface area contributed by atoms with Gasteiger partial charge in [-0.05, 0) is 28.9 Å². The number of aryl methyl sites for hydroxylation is 1. The molecular weight excluding hydrogens is 294 g/mol. The van der Waals surface area contributed by atoms with Crippen LogP contribution in [0.2, 0.25) is 0 Å². The lowest BCUT2D eigenvalue weighted by Crippen LogP contribution is -1.88. The number of aromatic nitrogens is 1. The van der Waals surface area contributed by atoms with Crippen molar-refractivity contribution >= 4 is 38.6 Å². The van der Waals surface area contributed by atoms with Crippen LogP contribution in [0.5, 0.6) is 0 Å². The zero-order chi connectivity index (χ0) is 10.8. The number of aliphatic hydroxyl groups excluding tert-OH is 1. The molecule has 0 amide bonds. The lowest BCUT2D eigenvalue weighted by molar-refractivity contribution is 0.299. The molecule has 0 atom stereocenters. The summed E-state index contributed by atoms with van der Waals surface area (Å²) in [6, 6.07) is 2.08. The van der Waals surface area contributed by atoms with Gasteiger partial charge in [-0.2, -0.15) is 0 Å². The van der Waals surface area contributed by atoms with Crippen LogP contribution in [0, 0.1) is 6.92 Å². The summed E-state index contributed by atoms with van der Waals surface area (Å²) in [6.45, 7) is 2.24. The van der Waals surface area contributed by atoms with Crippen LogP contribution < -0.4 is 0 Å². The van der Waals surface area contributed by atoms with Crippen LogP contribution in [0.25, 0.3) is 10.6 Å². The second-order valence-electron chi connectivity index (χ2n) is 3.12. The van der Waals surface area contributed by atoms with Gasteiger partial charge in [-0.1, -0.05) is 0 Å². The Morgan fingerprint density at radius 1 is 1.53 bits per heavy atom. The highest BCUT2D eigenvalue weighted by Gasteiger charge is 2.11. The standard InChI is InChI=1S/C10H10BrNOS2/c1-6-10(8-4-7(11)5-14-8)12-9(15-6)2-3-13/h4-5,13H,2-3H2,1H3. The predicted molar refractivity (Wildman–Crippen MR) is 68.7 cm³/mol. The van der Waals surface area contributed by atoms with Gasteiger partial charge in [0, 0.05) is 27.8 Å². The summed E-state index contributed by atoms with van der Waals surface area (Å²) < 4.78 is 1.10. The minimum atomic E-state index is 0.167. The summed E-state index contributed by atoms with van der Waals surface area (Å²) >= 11 is 6.78. The van der Waals surface area contributed by atoms with Crippen molar-refractivity contribution in [2.75, 3.05) is 6.61 Å². The topological polar surface area (TPSA) is 33.1 Å². The monoisotopic (exact) mass is 303 g/mol. The maximum absolute atomic E-state index is 8.86. The maximum atomic E-state index is 8.86. The summed E-state index contributed by atoms with van der Waals surface area (Å²) in [5, 5.41) is 11.9. The number of aliphatic hydroxyl groups is 1. The van der Waals surface area contributed by atoms with Crippen LogP contribution in [0.1, 0.15) is 9.88 Å². The number of hydrogen-bond acceptors (Lipinski definition) is 4. The first-order valence-electron chi connectivity index (χ1n) is 4.52. The van der Waals surface area contributed by atoms with Gasteiger partial charge < -0.3 is 5.11 Å². The van der Waals surface area contributed by atoms with Gasteiger partial charge in [0.1, 0.15) is 0 Å². The van der Waals surface area contributed by atoms with E-state index in [-0.39, 0.29) is 6.61 Å². The predicted octanol–water partition coefficient (Wildman–Crippen LogP) is 3.48. The highest BCUT2D eigenvalue weighted by molar-refractivity contribution is 9.10. The van der Waals surface area contributed by atoms with Gasteiger partial charge in [0.15, 0.2) is 0 Å². The van der Waals surface area contributed by atoms with Crippen LogP contribution in [-0.2, 0) is 6.42 Å². The fourth-order valence-electron chi connectivity index (χ4n) is 1.32. The molecule has 0 spiro atoms. The van der Waals surface area contributed by atoms with Crippen molar-refractivity contribution in [3.8, 4) is 10.6 Å². The molecular formula is C10H10BrNOS2. The average Bonchev–Trinajstić information content (AvgIpc) is 2.73. The van der Waals surface area contributed by atoms with Gasteiger partial charge in [-0.15, -0.1) is 22.7 Å². The molecule has 0 aliphatic carbocycles. The number of halogens is 1. The molecule has 0 aromatic carbocycles. The van der Waals surface area contributed by atoms with Crippen molar-refractivity contribution in [2.45, 2.75) is 13.3 Å². The molecule has 2 aromatic heterocycles. The van der Waals surface area contributed by atoms with Crippen molar-refractivity contribution in [3.63, 3.8) is 0 Å².